The van der Waals surface area contributed by atoms with Gasteiger partial charge in [0.05, 0.1) is 0 Å². The molecule has 0 bridgehead atoms. The number of urea groups is 1. The summed E-state index contributed by atoms with van der Waals surface area (Å²) < 4.78 is 2.55. The SMILES string of the molecule is CC.CC(C)C1CCn2c(cnc2C2CCN(C(C)C)CC2)C1.CCC1CCN(C(=O)N2CCN(C(C)CC)CC2)CC1. The highest BCUT2D eigenvalue weighted by atomic mass is 16.2. The molecule has 0 radical (unpaired) electrons. The number of aromatic nitrogens is 2. The summed E-state index contributed by atoms with van der Waals surface area (Å²) in [5, 5.41) is 0. The quantitative estimate of drug-likeness (QED) is 0.342. The highest BCUT2D eigenvalue weighted by molar-refractivity contribution is 5.74. The third kappa shape index (κ3) is 9.69. The number of rotatable bonds is 6. The second kappa shape index (κ2) is 17.8. The zero-order valence-corrected chi connectivity index (χ0v) is 29.7. The van der Waals surface area contributed by atoms with E-state index in [0.29, 0.717) is 18.0 Å². The van der Waals surface area contributed by atoms with E-state index in [1.165, 1.54) is 82.5 Å². The standard InChI is InChI=1S/C18H31N3.C16H31N3O.C2H6/c1-13(2)16-7-10-21-17(11-16)12-19-18(21)15-5-8-20(9-6-15)14(3)4;1-4-14(3)17-10-12-19(13-11-17)16(20)18-8-6-15(5-2)7-9-18;1-2/h12-16H,5-11H2,1-4H3;14-15H,4-13H2,1-3H3;1-2H3. The summed E-state index contributed by atoms with van der Waals surface area (Å²) in [5.74, 6) is 4.55. The Morgan fingerprint density at radius 3 is 1.93 bits per heavy atom. The third-order valence-corrected chi connectivity index (χ3v) is 11.0. The molecular weight excluding hydrogens is 532 g/mol. The summed E-state index contributed by atoms with van der Waals surface area (Å²) in [6.45, 7) is 29.6. The molecule has 2 amide bonds. The van der Waals surface area contributed by atoms with Gasteiger partial charge in [-0.3, -0.25) is 4.90 Å². The van der Waals surface area contributed by atoms with Crippen LogP contribution < -0.4 is 0 Å². The van der Waals surface area contributed by atoms with Crippen molar-refractivity contribution in [1.82, 2.24) is 29.2 Å². The van der Waals surface area contributed by atoms with Crippen LogP contribution in [0.5, 0.6) is 0 Å². The highest BCUT2D eigenvalue weighted by Crippen LogP contribution is 2.33. The van der Waals surface area contributed by atoms with Gasteiger partial charge in [0, 0.05) is 75.7 Å². The first-order chi connectivity index (χ1) is 20.7. The van der Waals surface area contributed by atoms with Crippen molar-refractivity contribution in [3.63, 3.8) is 0 Å². The lowest BCUT2D eigenvalue weighted by Crippen LogP contribution is -2.55. The van der Waals surface area contributed by atoms with E-state index in [9.17, 15) is 4.79 Å². The lowest BCUT2D eigenvalue weighted by molar-refractivity contribution is 0.0858. The molecule has 0 aliphatic carbocycles. The van der Waals surface area contributed by atoms with Gasteiger partial charge in [-0.2, -0.15) is 0 Å². The number of carbonyl (C=O) groups is 1. The second-order valence-corrected chi connectivity index (χ2v) is 14.1. The molecular formula is C36H68N6O. The van der Waals surface area contributed by atoms with E-state index in [-0.39, 0.29) is 6.03 Å². The molecule has 0 aromatic carbocycles. The number of nitrogens with zero attached hydrogens (tertiary/aromatic N) is 6. The molecule has 5 heterocycles. The first-order valence-corrected chi connectivity index (χ1v) is 18.3. The summed E-state index contributed by atoms with van der Waals surface area (Å²) in [7, 11) is 0. The lowest BCUT2D eigenvalue weighted by Gasteiger charge is -2.41. The van der Waals surface area contributed by atoms with Crippen molar-refractivity contribution in [2.75, 3.05) is 52.4 Å². The minimum atomic E-state index is 0.281. The van der Waals surface area contributed by atoms with E-state index >= 15 is 0 Å². The number of fused-ring (bicyclic) bond motifs is 1. The second-order valence-electron chi connectivity index (χ2n) is 14.1. The average molecular weight is 601 g/mol. The van der Waals surface area contributed by atoms with Gasteiger partial charge in [-0.1, -0.05) is 48.0 Å². The Balaban J connectivity index is 0.000000223. The van der Waals surface area contributed by atoms with Crippen LogP contribution in [-0.2, 0) is 13.0 Å². The predicted octanol–water partition coefficient (Wildman–Crippen LogP) is 7.36. The molecule has 0 saturated carbocycles. The Morgan fingerprint density at radius 2 is 1.40 bits per heavy atom. The van der Waals surface area contributed by atoms with E-state index in [1.54, 1.807) is 0 Å². The molecule has 7 heteroatoms. The zero-order valence-electron chi connectivity index (χ0n) is 29.7. The minimum Gasteiger partial charge on any atom is -0.332 e. The lowest BCUT2D eigenvalue weighted by atomic mass is 9.86. The molecule has 43 heavy (non-hydrogen) atoms. The van der Waals surface area contributed by atoms with Crippen molar-refractivity contribution in [3.05, 3.63) is 17.7 Å². The number of piperazine rings is 1. The van der Waals surface area contributed by atoms with Crippen LogP contribution in [0.4, 0.5) is 4.79 Å². The molecule has 2 unspecified atom stereocenters. The molecule has 248 valence electrons. The maximum absolute atomic E-state index is 12.5. The topological polar surface area (TPSA) is 47.9 Å². The van der Waals surface area contributed by atoms with Gasteiger partial charge in [0.15, 0.2) is 0 Å². The van der Waals surface area contributed by atoms with Crippen molar-refractivity contribution in [3.8, 4) is 0 Å². The van der Waals surface area contributed by atoms with Crippen molar-refractivity contribution in [2.45, 2.75) is 138 Å². The Kier molecular flexibility index (Phi) is 14.8. The smallest absolute Gasteiger partial charge is 0.320 e. The molecule has 3 saturated heterocycles. The number of carbonyl (C=O) groups excluding carboxylic acids is 1. The van der Waals surface area contributed by atoms with Crippen molar-refractivity contribution in [2.24, 2.45) is 17.8 Å². The van der Waals surface area contributed by atoms with E-state index in [2.05, 4.69) is 78.8 Å². The summed E-state index contributed by atoms with van der Waals surface area (Å²) in [4.78, 5) is 26.6. The monoisotopic (exact) mass is 601 g/mol. The Morgan fingerprint density at radius 1 is 0.791 bits per heavy atom. The van der Waals surface area contributed by atoms with Gasteiger partial charge in [0.1, 0.15) is 5.82 Å². The number of hydrogen-bond acceptors (Lipinski definition) is 4. The molecule has 1 aromatic heterocycles. The van der Waals surface area contributed by atoms with E-state index in [4.69, 9.17) is 4.98 Å². The number of amides is 2. The fourth-order valence-corrected chi connectivity index (χ4v) is 7.43. The molecule has 2 atom stereocenters. The normalized spacial score (nSPS) is 23.4. The predicted molar refractivity (Wildman–Crippen MR) is 182 cm³/mol. The summed E-state index contributed by atoms with van der Waals surface area (Å²) in [6, 6.07) is 1.61. The fraction of sp³-hybridized carbons (Fsp3) is 0.889. The fourth-order valence-electron chi connectivity index (χ4n) is 7.43. The first kappa shape index (κ1) is 35.9. The third-order valence-electron chi connectivity index (χ3n) is 11.0. The largest absolute Gasteiger partial charge is 0.332 e. The van der Waals surface area contributed by atoms with Crippen molar-refractivity contribution < 1.29 is 4.79 Å². The Labute approximate surface area is 265 Å². The number of hydrogen-bond donors (Lipinski definition) is 0. The van der Waals surface area contributed by atoms with Gasteiger partial charge in [-0.05, 0) is 96.6 Å². The summed E-state index contributed by atoms with van der Waals surface area (Å²) in [6.07, 6.45) is 12.1. The van der Waals surface area contributed by atoms with Crippen molar-refractivity contribution in [1.29, 1.82) is 0 Å². The average Bonchev–Trinajstić information content (AvgIpc) is 3.49. The molecule has 3 fully saturated rings. The van der Waals surface area contributed by atoms with Crippen molar-refractivity contribution >= 4 is 6.03 Å². The molecule has 0 spiro atoms. The van der Waals surface area contributed by atoms with Crippen LogP contribution >= 0.6 is 0 Å². The van der Waals surface area contributed by atoms with Gasteiger partial charge in [-0.15, -0.1) is 0 Å². The van der Waals surface area contributed by atoms with Gasteiger partial charge in [-0.25, -0.2) is 9.78 Å². The van der Waals surface area contributed by atoms with Crippen LogP contribution in [0.1, 0.15) is 125 Å². The first-order valence-electron chi connectivity index (χ1n) is 18.3. The minimum absolute atomic E-state index is 0.281. The van der Waals surface area contributed by atoms with Gasteiger partial charge < -0.3 is 19.3 Å². The molecule has 4 aliphatic rings. The van der Waals surface area contributed by atoms with E-state index < -0.39 is 0 Å². The molecule has 0 N–H and O–H groups in total. The van der Waals surface area contributed by atoms with Crippen LogP contribution in [-0.4, -0.2) is 99.6 Å². The molecule has 4 aliphatic heterocycles. The maximum atomic E-state index is 12.5. The molecule has 1 aromatic rings. The Bertz CT molecular complexity index is 920. The van der Waals surface area contributed by atoms with Crippen LogP contribution in [0.15, 0.2) is 6.20 Å². The summed E-state index contributed by atoms with van der Waals surface area (Å²) >= 11 is 0. The zero-order chi connectivity index (χ0) is 31.5. The Hall–Kier alpha value is -1.60. The maximum Gasteiger partial charge on any atom is 0.320 e. The van der Waals surface area contributed by atoms with Gasteiger partial charge in [0.2, 0.25) is 0 Å². The number of piperidine rings is 2. The van der Waals surface area contributed by atoms with E-state index in [1.807, 2.05) is 13.8 Å². The van der Waals surface area contributed by atoms with Crippen LogP contribution in [0, 0.1) is 17.8 Å². The van der Waals surface area contributed by atoms with Crippen LogP contribution in [0.25, 0.3) is 0 Å². The van der Waals surface area contributed by atoms with Gasteiger partial charge in [0.25, 0.3) is 0 Å². The van der Waals surface area contributed by atoms with Crippen LogP contribution in [0.3, 0.4) is 0 Å². The van der Waals surface area contributed by atoms with Crippen LogP contribution in [0.2, 0.25) is 0 Å². The molecule has 7 nitrogen and oxygen atoms in total. The molecule has 5 rings (SSSR count). The number of likely N-dealkylation sites (tertiary alicyclic amines) is 2. The van der Waals surface area contributed by atoms with Gasteiger partial charge >= 0.3 is 6.03 Å². The summed E-state index contributed by atoms with van der Waals surface area (Å²) in [5.41, 5.74) is 1.49. The van der Waals surface area contributed by atoms with E-state index in [0.717, 1.165) is 57.0 Å². The highest BCUT2D eigenvalue weighted by Gasteiger charge is 2.30. The number of imidazole rings is 1.